The molecule has 0 bridgehead atoms. The fourth-order valence-electron chi connectivity index (χ4n) is 1.83. The zero-order valence-corrected chi connectivity index (χ0v) is 10.7. The molecular weight excluding hydrogens is 228 g/mol. The fraction of sp³-hybridized carbons (Fsp3) is 0.357. The summed E-state index contributed by atoms with van der Waals surface area (Å²) < 4.78 is 10.6. The second-order valence-electron chi connectivity index (χ2n) is 4.05. The quantitative estimate of drug-likeness (QED) is 0.830. The maximum Gasteiger partial charge on any atom is 0.231 e. The molecule has 1 aliphatic rings. The zero-order valence-electron chi connectivity index (χ0n) is 10.7. The van der Waals surface area contributed by atoms with Crippen molar-refractivity contribution in [2.45, 2.75) is 19.4 Å². The van der Waals surface area contributed by atoms with Gasteiger partial charge in [0.1, 0.15) is 0 Å². The van der Waals surface area contributed by atoms with Crippen molar-refractivity contribution >= 4 is 5.71 Å². The number of fused-ring (bicyclic) bond motifs is 1. The number of nitrogens with zero attached hydrogens (tertiary/aromatic N) is 1. The topological polar surface area (TPSA) is 56.8 Å². The smallest absolute Gasteiger partial charge is 0.231 e. The number of benzene rings is 1. The number of hydrogen-bond donors (Lipinski definition) is 1. The van der Waals surface area contributed by atoms with Gasteiger partial charge in [0.15, 0.2) is 11.5 Å². The van der Waals surface area contributed by atoms with E-state index in [1.165, 1.54) is 0 Å². The highest BCUT2D eigenvalue weighted by Crippen LogP contribution is 2.34. The van der Waals surface area contributed by atoms with E-state index in [2.05, 4.69) is 18.0 Å². The van der Waals surface area contributed by atoms with E-state index in [9.17, 15) is 0 Å². The lowest BCUT2D eigenvalue weighted by molar-refractivity contribution is 0.174. The largest absolute Gasteiger partial charge is 0.454 e. The van der Waals surface area contributed by atoms with Gasteiger partial charge in [-0.2, -0.15) is 0 Å². The second kappa shape index (κ2) is 5.69. The van der Waals surface area contributed by atoms with E-state index in [0.717, 1.165) is 29.2 Å². The van der Waals surface area contributed by atoms with E-state index in [1.54, 1.807) is 7.05 Å². The van der Waals surface area contributed by atoms with Gasteiger partial charge in [-0.1, -0.05) is 19.1 Å². The average Bonchev–Trinajstić information content (AvgIpc) is 2.86. The Morgan fingerprint density at radius 2 is 2.22 bits per heavy atom. The van der Waals surface area contributed by atoms with Gasteiger partial charge in [0.05, 0.1) is 11.8 Å². The molecule has 1 heterocycles. The predicted molar refractivity (Wildman–Crippen MR) is 72.3 cm³/mol. The molecular formula is C14H18N2O2. The van der Waals surface area contributed by atoms with Crippen LogP contribution in [-0.2, 0) is 0 Å². The molecule has 1 atom stereocenters. The molecule has 0 fully saturated rings. The van der Waals surface area contributed by atoms with Gasteiger partial charge in [-0.15, -0.1) is 0 Å². The summed E-state index contributed by atoms with van der Waals surface area (Å²) in [6.45, 7) is 2.36. The lowest BCUT2D eigenvalue weighted by Crippen LogP contribution is -2.19. The van der Waals surface area contributed by atoms with Gasteiger partial charge in [0, 0.05) is 7.05 Å². The SMILES string of the molecule is CC/C=C\C(=NC)C(N)c1ccc2c(c1)OCO2. The van der Waals surface area contributed by atoms with Crippen LogP contribution in [0.2, 0.25) is 0 Å². The van der Waals surface area contributed by atoms with E-state index >= 15 is 0 Å². The molecule has 1 unspecified atom stereocenters. The molecule has 0 saturated heterocycles. The van der Waals surface area contributed by atoms with Crippen LogP contribution in [0.5, 0.6) is 11.5 Å². The molecule has 0 amide bonds. The summed E-state index contributed by atoms with van der Waals surface area (Å²) in [5.74, 6) is 1.52. The first kappa shape index (κ1) is 12.6. The van der Waals surface area contributed by atoms with Gasteiger partial charge in [-0.25, -0.2) is 0 Å². The number of ether oxygens (including phenoxy) is 2. The van der Waals surface area contributed by atoms with Crippen molar-refractivity contribution in [2.75, 3.05) is 13.8 Å². The molecule has 2 rings (SSSR count). The van der Waals surface area contributed by atoms with Crippen LogP contribution in [0, 0.1) is 0 Å². The summed E-state index contributed by atoms with van der Waals surface area (Å²) in [5.41, 5.74) is 8.04. The Kier molecular flexibility index (Phi) is 3.99. The van der Waals surface area contributed by atoms with Crippen LogP contribution < -0.4 is 15.2 Å². The molecule has 2 N–H and O–H groups in total. The normalized spacial score (nSPS) is 16.3. The Bertz CT molecular complexity index is 481. The molecule has 0 aromatic heterocycles. The molecule has 4 heteroatoms. The van der Waals surface area contributed by atoms with Gasteiger partial charge < -0.3 is 15.2 Å². The summed E-state index contributed by atoms with van der Waals surface area (Å²) in [7, 11) is 1.75. The van der Waals surface area contributed by atoms with Crippen LogP contribution in [0.4, 0.5) is 0 Å². The first-order chi connectivity index (χ1) is 8.76. The van der Waals surface area contributed by atoms with Crippen molar-refractivity contribution in [1.82, 2.24) is 0 Å². The Hall–Kier alpha value is -1.81. The average molecular weight is 246 g/mol. The van der Waals surface area contributed by atoms with E-state index in [4.69, 9.17) is 15.2 Å². The second-order valence-corrected chi connectivity index (χ2v) is 4.05. The summed E-state index contributed by atoms with van der Waals surface area (Å²) >= 11 is 0. The monoisotopic (exact) mass is 246 g/mol. The Morgan fingerprint density at radius 1 is 1.44 bits per heavy atom. The third kappa shape index (κ3) is 2.54. The third-order valence-corrected chi connectivity index (χ3v) is 2.86. The lowest BCUT2D eigenvalue weighted by atomic mass is 10.0. The van der Waals surface area contributed by atoms with Crippen LogP contribution in [-0.4, -0.2) is 19.6 Å². The molecule has 1 aromatic rings. The molecule has 1 aliphatic heterocycles. The van der Waals surface area contributed by atoms with E-state index in [1.807, 2.05) is 24.3 Å². The van der Waals surface area contributed by atoms with Crippen LogP contribution in [0.3, 0.4) is 0 Å². The molecule has 1 aromatic carbocycles. The first-order valence-corrected chi connectivity index (χ1v) is 6.04. The van der Waals surface area contributed by atoms with Crippen LogP contribution in [0.1, 0.15) is 24.9 Å². The zero-order chi connectivity index (χ0) is 13.0. The summed E-state index contributed by atoms with van der Waals surface area (Å²) in [6, 6.07) is 5.50. The Balaban J connectivity index is 2.22. The van der Waals surface area contributed by atoms with E-state index < -0.39 is 0 Å². The van der Waals surface area contributed by atoms with Crippen molar-refractivity contribution in [2.24, 2.45) is 10.7 Å². The molecule has 4 nitrogen and oxygen atoms in total. The van der Waals surface area contributed by atoms with Crippen molar-refractivity contribution in [3.63, 3.8) is 0 Å². The van der Waals surface area contributed by atoms with Crippen molar-refractivity contribution in [1.29, 1.82) is 0 Å². The highest BCUT2D eigenvalue weighted by atomic mass is 16.7. The number of aliphatic imine (C=N–C) groups is 1. The number of rotatable bonds is 4. The maximum atomic E-state index is 6.21. The molecule has 0 aliphatic carbocycles. The minimum absolute atomic E-state index is 0.243. The Morgan fingerprint density at radius 3 is 2.94 bits per heavy atom. The minimum Gasteiger partial charge on any atom is -0.454 e. The summed E-state index contributed by atoms with van der Waals surface area (Å²) in [4.78, 5) is 4.23. The lowest BCUT2D eigenvalue weighted by Gasteiger charge is -2.12. The van der Waals surface area contributed by atoms with Gasteiger partial charge in [-0.05, 0) is 30.2 Å². The number of hydrogen-bond acceptors (Lipinski definition) is 4. The van der Waals surface area contributed by atoms with Crippen molar-refractivity contribution < 1.29 is 9.47 Å². The standard InChI is InChI=1S/C14H18N2O2/c1-3-4-5-11(16-2)14(15)10-6-7-12-13(8-10)18-9-17-12/h4-8,14H,3,9,15H2,1-2H3/b5-4-,16-11?. The first-order valence-electron chi connectivity index (χ1n) is 6.04. The fourth-order valence-corrected chi connectivity index (χ4v) is 1.83. The highest BCUT2D eigenvalue weighted by molar-refractivity contribution is 5.99. The molecule has 0 spiro atoms. The van der Waals surface area contributed by atoms with Gasteiger partial charge in [0.25, 0.3) is 0 Å². The number of allylic oxidation sites excluding steroid dienone is 1. The maximum absolute atomic E-state index is 6.21. The summed E-state index contributed by atoms with van der Waals surface area (Å²) in [6.07, 6.45) is 4.98. The van der Waals surface area contributed by atoms with E-state index in [-0.39, 0.29) is 12.8 Å². The molecule has 0 saturated carbocycles. The minimum atomic E-state index is -0.243. The predicted octanol–water partition coefficient (Wildman–Crippen LogP) is 2.45. The Labute approximate surface area is 107 Å². The molecule has 18 heavy (non-hydrogen) atoms. The van der Waals surface area contributed by atoms with Crippen LogP contribution in [0.15, 0.2) is 35.3 Å². The highest BCUT2D eigenvalue weighted by Gasteiger charge is 2.17. The van der Waals surface area contributed by atoms with E-state index in [0.29, 0.717) is 0 Å². The van der Waals surface area contributed by atoms with Crippen molar-refractivity contribution in [3.05, 3.63) is 35.9 Å². The number of nitrogens with two attached hydrogens (primary N) is 1. The van der Waals surface area contributed by atoms with Gasteiger partial charge in [0.2, 0.25) is 6.79 Å². The van der Waals surface area contributed by atoms with Crippen LogP contribution in [0.25, 0.3) is 0 Å². The van der Waals surface area contributed by atoms with Crippen LogP contribution >= 0.6 is 0 Å². The third-order valence-electron chi connectivity index (χ3n) is 2.86. The molecule has 96 valence electrons. The van der Waals surface area contributed by atoms with Gasteiger partial charge in [-0.3, -0.25) is 4.99 Å². The molecule has 0 radical (unpaired) electrons. The summed E-state index contributed by atoms with van der Waals surface area (Å²) in [5, 5.41) is 0. The van der Waals surface area contributed by atoms with Gasteiger partial charge >= 0.3 is 0 Å². The van der Waals surface area contributed by atoms with Crippen molar-refractivity contribution in [3.8, 4) is 11.5 Å².